The summed E-state index contributed by atoms with van der Waals surface area (Å²) in [5.74, 6) is -5.61. The fourth-order valence-electron chi connectivity index (χ4n) is 5.90. The number of carbonyl (C=O) groups is 3. The number of amides is 1. The van der Waals surface area contributed by atoms with Crippen molar-refractivity contribution >= 4 is 17.5 Å². The number of carbonyl (C=O) groups excluding carboxylic acids is 3. The molecule has 0 radical (unpaired) electrons. The van der Waals surface area contributed by atoms with Gasteiger partial charge in [0.15, 0.2) is 11.4 Å². The third kappa shape index (κ3) is 3.32. The Balaban J connectivity index is 1.70. The molecule has 10 heteroatoms. The van der Waals surface area contributed by atoms with E-state index in [1.165, 1.54) is 20.3 Å². The molecule has 3 aliphatic rings. The number of benzene rings is 2. The quantitative estimate of drug-likeness (QED) is 0.388. The Bertz CT molecular complexity index is 1450. The number of Topliss-reactive ketones (excluding diaryl/α,β-unsaturated/α-hetero) is 2. The summed E-state index contributed by atoms with van der Waals surface area (Å²) in [5.41, 5.74) is 3.27. The van der Waals surface area contributed by atoms with Crippen LogP contribution in [0.4, 0.5) is 0 Å². The lowest BCUT2D eigenvalue weighted by atomic mass is 9.60. The zero-order valence-corrected chi connectivity index (χ0v) is 20.1. The van der Waals surface area contributed by atoms with E-state index >= 15 is 0 Å². The molecule has 0 fully saturated rings. The third-order valence-corrected chi connectivity index (χ3v) is 7.64. The minimum absolute atomic E-state index is 0.0489. The van der Waals surface area contributed by atoms with E-state index in [0.717, 1.165) is 0 Å². The predicted molar refractivity (Wildman–Crippen MR) is 129 cm³/mol. The lowest BCUT2D eigenvalue weighted by Crippen LogP contribution is -2.57. The number of phenols is 1. The van der Waals surface area contributed by atoms with Gasteiger partial charge in [-0.05, 0) is 54.2 Å². The molecule has 2 aromatic rings. The lowest BCUT2D eigenvalue weighted by molar-refractivity contribution is -0.144. The van der Waals surface area contributed by atoms with Crippen molar-refractivity contribution in [3.8, 4) is 28.4 Å². The van der Waals surface area contributed by atoms with Crippen molar-refractivity contribution in [3.05, 3.63) is 64.1 Å². The van der Waals surface area contributed by atoms with Crippen molar-refractivity contribution < 1.29 is 44.3 Å². The molecular formula is C27H25NO9. The van der Waals surface area contributed by atoms with Gasteiger partial charge < -0.3 is 35.6 Å². The summed E-state index contributed by atoms with van der Waals surface area (Å²) in [6.45, 7) is 0. The molecule has 3 aliphatic carbocycles. The number of phenolic OH excluding ortho intramolecular Hbond substituents is 1. The smallest absolute Gasteiger partial charge is 0.255 e. The number of rotatable bonds is 4. The van der Waals surface area contributed by atoms with Crippen LogP contribution in [0.25, 0.3) is 11.1 Å². The van der Waals surface area contributed by atoms with Crippen molar-refractivity contribution in [1.29, 1.82) is 0 Å². The van der Waals surface area contributed by atoms with Gasteiger partial charge >= 0.3 is 0 Å². The van der Waals surface area contributed by atoms with Gasteiger partial charge in [0.05, 0.1) is 19.8 Å². The molecule has 0 saturated heterocycles. The van der Waals surface area contributed by atoms with E-state index in [1.807, 2.05) is 0 Å². The molecule has 192 valence electrons. The van der Waals surface area contributed by atoms with Gasteiger partial charge in [0.25, 0.3) is 5.91 Å². The molecule has 1 amide bonds. The van der Waals surface area contributed by atoms with Gasteiger partial charge in [0, 0.05) is 23.5 Å². The number of fused-ring (bicyclic) bond motifs is 3. The van der Waals surface area contributed by atoms with Crippen LogP contribution in [0.15, 0.2) is 53.0 Å². The summed E-state index contributed by atoms with van der Waals surface area (Å²) >= 11 is 0. The SMILES string of the molecule is COc1ccc(OC)c(-c2ccc(O)c3c2C[C@H]2C[C@H]4CC(O)=C(C(N)=O)C(=O)[C@@]4(O)C(O)=C2C3=O)c1. The number of methoxy groups -OCH3 is 2. The number of nitrogens with two attached hydrogens (primary N) is 1. The number of primary amides is 1. The molecule has 0 unspecified atom stereocenters. The van der Waals surface area contributed by atoms with Gasteiger partial charge in [-0.3, -0.25) is 14.4 Å². The van der Waals surface area contributed by atoms with Crippen LogP contribution in [0.3, 0.4) is 0 Å². The highest BCUT2D eigenvalue weighted by atomic mass is 16.5. The normalized spacial score (nSPS) is 24.8. The highest BCUT2D eigenvalue weighted by Crippen LogP contribution is 2.52. The summed E-state index contributed by atoms with van der Waals surface area (Å²) in [6.07, 6.45) is -0.0578. The molecule has 0 aromatic heterocycles. The van der Waals surface area contributed by atoms with Crippen LogP contribution in [-0.4, -0.2) is 57.7 Å². The Morgan fingerprint density at radius 3 is 2.41 bits per heavy atom. The molecule has 37 heavy (non-hydrogen) atoms. The fraction of sp³-hybridized carbons (Fsp3) is 0.296. The Morgan fingerprint density at radius 2 is 1.76 bits per heavy atom. The van der Waals surface area contributed by atoms with Crippen LogP contribution in [0.5, 0.6) is 17.2 Å². The number of ether oxygens (including phenoxy) is 2. The van der Waals surface area contributed by atoms with E-state index in [4.69, 9.17) is 15.2 Å². The highest BCUT2D eigenvalue weighted by molar-refractivity contribution is 6.24. The molecule has 5 rings (SSSR count). The van der Waals surface area contributed by atoms with Crippen molar-refractivity contribution in [2.45, 2.75) is 24.9 Å². The maximum absolute atomic E-state index is 13.7. The van der Waals surface area contributed by atoms with Crippen LogP contribution < -0.4 is 15.2 Å². The monoisotopic (exact) mass is 507 g/mol. The van der Waals surface area contributed by atoms with Gasteiger partial charge in [-0.1, -0.05) is 6.07 Å². The van der Waals surface area contributed by atoms with Gasteiger partial charge in [-0.15, -0.1) is 0 Å². The number of ketones is 2. The number of aliphatic hydroxyl groups excluding tert-OH is 2. The van der Waals surface area contributed by atoms with Crippen LogP contribution in [0.2, 0.25) is 0 Å². The van der Waals surface area contributed by atoms with E-state index in [9.17, 15) is 34.8 Å². The molecule has 0 spiro atoms. The van der Waals surface area contributed by atoms with E-state index in [0.29, 0.717) is 28.2 Å². The molecule has 0 saturated carbocycles. The minimum atomic E-state index is -2.60. The second-order valence-corrected chi connectivity index (χ2v) is 9.46. The van der Waals surface area contributed by atoms with E-state index in [2.05, 4.69) is 0 Å². The molecule has 0 bridgehead atoms. The van der Waals surface area contributed by atoms with Crippen LogP contribution in [0, 0.1) is 11.8 Å². The Labute approximate surface area is 211 Å². The van der Waals surface area contributed by atoms with Gasteiger partial charge in [0.2, 0.25) is 5.78 Å². The highest BCUT2D eigenvalue weighted by Gasteiger charge is 2.59. The topological polar surface area (TPSA) is 177 Å². The second kappa shape index (κ2) is 8.38. The molecule has 3 atom stereocenters. The summed E-state index contributed by atoms with van der Waals surface area (Å²) in [5, 5.41) is 43.5. The minimum Gasteiger partial charge on any atom is -0.511 e. The first-order chi connectivity index (χ1) is 17.5. The van der Waals surface area contributed by atoms with Crippen molar-refractivity contribution in [1.82, 2.24) is 0 Å². The largest absolute Gasteiger partial charge is 0.511 e. The molecular weight excluding hydrogens is 482 g/mol. The molecule has 10 nitrogen and oxygen atoms in total. The van der Waals surface area contributed by atoms with Crippen molar-refractivity contribution in [2.75, 3.05) is 14.2 Å². The van der Waals surface area contributed by atoms with Gasteiger partial charge in [0.1, 0.15) is 34.3 Å². The first-order valence-electron chi connectivity index (χ1n) is 11.6. The zero-order chi connectivity index (χ0) is 26.8. The van der Waals surface area contributed by atoms with Crippen molar-refractivity contribution in [3.63, 3.8) is 0 Å². The number of hydrogen-bond acceptors (Lipinski definition) is 9. The Kier molecular flexibility index (Phi) is 5.52. The van der Waals surface area contributed by atoms with E-state index in [1.54, 1.807) is 24.3 Å². The van der Waals surface area contributed by atoms with Crippen LogP contribution >= 0.6 is 0 Å². The van der Waals surface area contributed by atoms with E-state index in [-0.39, 0.29) is 36.1 Å². The first-order valence-corrected chi connectivity index (χ1v) is 11.6. The third-order valence-electron chi connectivity index (χ3n) is 7.64. The zero-order valence-electron chi connectivity index (χ0n) is 20.1. The number of allylic oxidation sites excluding steroid dienone is 2. The number of aliphatic hydroxyl groups is 3. The summed E-state index contributed by atoms with van der Waals surface area (Å²) in [4.78, 5) is 38.6. The van der Waals surface area contributed by atoms with Crippen molar-refractivity contribution in [2.24, 2.45) is 17.6 Å². The fourth-order valence-corrected chi connectivity index (χ4v) is 5.90. The molecule has 6 N–H and O–H groups in total. The summed E-state index contributed by atoms with van der Waals surface area (Å²) < 4.78 is 10.9. The maximum atomic E-state index is 13.7. The second-order valence-electron chi connectivity index (χ2n) is 9.46. The average Bonchev–Trinajstić information content (AvgIpc) is 2.85. The lowest BCUT2D eigenvalue weighted by Gasteiger charge is -2.45. The predicted octanol–water partition coefficient (Wildman–Crippen LogP) is 2.26. The van der Waals surface area contributed by atoms with Gasteiger partial charge in [-0.25, -0.2) is 0 Å². The average molecular weight is 507 g/mol. The maximum Gasteiger partial charge on any atom is 0.255 e. The summed E-state index contributed by atoms with van der Waals surface area (Å²) in [7, 11) is 3.02. The summed E-state index contributed by atoms with van der Waals surface area (Å²) in [6, 6.07) is 8.19. The molecule has 0 aliphatic heterocycles. The first kappa shape index (κ1) is 24.4. The number of aromatic hydroxyl groups is 1. The van der Waals surface area contributed by atoms with Gasteiger partial charge in [-0.2, -0.15) is 0 Å². The molecule has 0 heterocycles. The van der Waals surface area contributed by atoms with Crippen LogP contribution in [0.1, 0.15) is 28.8 Å². The Morgan fingerprint density at radius 1 is 1.03 bits per heavy atom. The number of hydrogen-bond donors (Lipinski definition) is 5. The van der Waals surface area contributed by atoms with E-state index < -0.39 is 52.0 Å². The molecule has 2 aromatic carbocycles. The standard InChI is InChI=1S/C27H25NO9/c1-36-13-3-6-19(37-2)15(10-13)14-4-5-17(29)21-16(14)8-11-7-12-9-18(30)22(26(28)34)25(33)27(12,35)24(32)20(11)23(21)31/h3-6,10-12,29-30,32,35H,7-9H2,1-2H3,(H2,28,34)/t11-,12+,27+/m1/s1. The van der Waals surface area contributed by atoms with Crippen LogP contribution in [-0.2, 0) is 16.0 Å². The Hall–Kier alpha value is -4.31.